The van der Waals surface area contributed by atoms with Crippen molar-refractivity contribution in [3.05, 3.63) is 0 Å². The third kappa shape index (κ3) is 6.27. The minimum absolute atomic E-state index is 0.00664. The van der Waals surface area contributed by atoms with Crippen molar-refractivity contribution >= 4 is 17.7 Å². The zero-order valence-corrected chi connectivity index (χ0v) is 10.1. The molecule has 0 aliphatic rings. The molecule has 84 valence electrons. The topological polar surface area (TPSA) is 52.3 Å². The van der Waals surface area contributed by atoms with E-state index in [0.29, 0.717) is 6.42 Å². The van der Waals surface area contributed by atoms with Crippen molar-refractivity contribution in [2.24, 2.45) is 5.73 Å². The van der Waals surface area contributed by atoms with Crippen LogP contribution >= 0.6 is 11.8 Å². The Hall–Kier alpha value is -0.220. The summed E-state index contributed by atoms with van der Waals surface area (Å²) < 4.78 is 5.18. The Labute approximate surface area is 90.8 Å². The van der Waals surface area contributed by atoms with Gasteiger partial charge in [0.25, 0.3) is 0 Å². The Morgan fingerprint density at radius 1 is 1.50 bits per heavy atom. The van der Waals surface area contributed by atoms with E-state index in [1.165, 1.54) is 0 Å². The van der Waals surface area contributed by atoms with Crippen molar-refractivity contribution in [1.82, 2.24) is 0 Å². The zero-order chi connectivity index (χ0) is 11.0. The maximum Gasteiger partial charge on any atom is 0.323 e. The smallest absolute Gasteiger partial charge is 0.323 e. The lowest BCUT2D eigenvalue weighted by Crippen LogP contribution is -2.34. The van der Waals surface area contributed by atoms with Crippen LogP contribution < -0.4 is 5.73 Å². The van der Waals surface area contributed by atoms with Crippen LogP contribution in [-0.4, -0.2) is 30.1 Å². The summed E-state index contributed by atoms with van der Waals surface area (Å²) in [6.45, 7) is 3.97. The lowest BCUT2D eigenvalue weighted by molar-refractivity contribution is -0.150. The van der Waals surface area contributed by atoms with E-state index in [-0.39, 0.29) is 12.1 Å². The van der Waals surface area contributed by atoms with Gasteiger partial charge in [-0.15, -0.1) is 0 Å². The molecule has 0 aromatic carbocycles. The zero-order valence-electron chi connectivity index (χ0n) is 9.29. The first-order valence-corrected chi connectivity index (χ1v) is 6.46. The third-order valence-electron chi connectivity index (χ3n) is 1.95. The van der Waals surface area contributed by atoms with Crippen LogP contribution in [0.1, 0.15) is 33.1 Å². The van der Waals surface area contributed by atoms with E-state index in [1.54, 1.807) is 11.8 Å². The van der Waals surface area contributed by atoms with Crippen LogP contribution in [0.3, 0.4) is 0 Å². The number of carbonyl (C=O) groups is 1. The van der Waals surface area contributed by atoms with Crippen molar-refractivity contribution in [1.29, 1.82) is 0 Å². The number of rotatable bonds is 7. The fourth-order valence-electron chi connectivity index (χ4n) is 1.11. The molecule has 0 fully saturated rings. The van der Waals surface area contributed by atoms with Crippen molar-refractivity contribution in [3.63, 3.8) is 0 Å². The Bertz CT molecular complexity index is 164. The molecule has 0 aromatic heterocycles. The van der Waals surface area contributed by atoms with Crippen LogP contribution in [0, 0.1) is 0 Å². The van der Waals surface area contributed by atoms with E-state index in [0.717, 1.165) is 18.6 Å². The van der Waals surface area contributed by atoms with Crippen LogP contribution in [0.25, 0.3) is 0 Å². The van der Waals surface area contributed by atoms with Gasteiger partial charge in [0.1, 0.15) is 6.04 Å². The molecule has 0 radical (unpaired) electrons. The average molecular weight is 219 g/mol. The molecule has 0 spiro atoms. The number of ether oxygens (including phenoxy) is 1. The standard InChI is InChI=1S/C10H21NO2S/c1-4-5-8(2)13-10(12)9(11)6-7-14-3/h8-9H,4-7,11H2,1-3H3. The van der Waals surface area contributed by atoms with Gasteiger partial charge in [0.2, 0.25) is 0 Å². The predicted molar refractivity (Wildman–Crippen MR) is 61.4 cm³/mol. The Kier molecular flexibility index (Phi) is 7.99. The quantitative estimate of drug-likeness (QED) is 0.663. The summed E-state index contributed by atoms with van der Waals surface area (Å²) in [6, 6.07) is -0.457. The molecule has 0 aliphatic carbocycles. The third-order valence-corrected chi connectivity index (χ3v) is 2.59. The first kappa shape index (κ1) is 13.8. The van der Waals surface area contributed by atoms with Crippen LogP contribution in [0.15, 0.2) is 0 Å². The van der Waals surface area contributed by atoms with Crippen LogP contribution in [0.5, 0.6) is 0 Å². The molecule has 2 unspecified atom stereocenters. The molecule has 14 heavy (non-hydrogen) atoms. The highest BCUT2D eigenvalue weighted by atomic mass is 32.2. The molecular weight excluding hydrogens is 198 g/mol. The maximum atomic E-state index is 11.4. The number of nitrogens with two attached hydrogens (primary N) is 1. The Morgan fingerprint density at radius 3 is 2.64 bits per heavy atom. The number of hydrogen-bond acceptors (Lipinski definition) is 4. The minimum atomic E-state index is -0.457. The van der Waals surface area contributed by atoms with E-state index in [4.69, 9.17) is 10.5 Å². The lowest BCUT2D eigenvalue weighted by Gasteiger charge is -2.15. The molecular formula is C10H21NO2S. The van der Waals surface area contributed by atoms with Crippen LogP contribution in [0.4, 0.5) is 0 Å². The summed E-state index contributed by atoms with van der Waals surface area (Å²) in [7, 11) is 0. The lowest BCUT2D eigenvalue weighted by atomic mass is 10.2. The molecule has 0 heterocycles. The average Bonchev–Trinajstić information content (AvgIpc) is 2.14. The van der Waals surface area contributed by atoms with Gasteiger partial charge in [-0.1, -0.05) is 13.3 Å². The van der Waals surface area contributed by atoms with Gasteiger partial charge in [-0.2, -0.15) is 11.8 Å². The molecule has 2 N–H and O–H groups in total. The first-order chi connectivity index (χ1) is 6.61. The number of hydrogen-bond donors (Lipinski definition) is 1. The molecule has 2 atom stereocenters. The molecule has 3 nitrogen and oxygen atoms in total. The fraction of sp³-hybridized carbons (Fsp3) is 0.900. The number of thioether (sulfide) groups is 1. The Morgan fingerprint density at radius 2 is 2.14 bits per heavy atom. The van der Waals surface area contributed by atoms with Gasteiger partial charge in [0.15, 0.2) is 0 Å². The second-order valence-corrected chi connectivity index (χ2v) is 4.41. The van der Waals surface area contributed by atoms with Crippen molar-refractivity contribution in [2.75, 3.05) is 12.0 Å². The van der Waals surface area contributed by atoms with Gasteiger partial charge in [-0.05, 0) is 31.8 Å². The second kappa shape index (κ2) is 8.12. The summed E-state index contributed by atoms with van der Waals surface area (Å²) in [5.41, 5.74) is 5.66. The molecule has 0 amide bonds. The first-order valence-electron chi connectivity index (χ1n) is 5.06. The van der Waals surface area contributed by atoms with Gasteiger partial charge in [0.05, 0.1) is 6.10 Å². The highest BCUT2D eigenvalue weighted by Crippen LogP contribution is 2.05. The highest BCUT2D eigenvalue weighted by molar-refractivity contribution is 7.98. The van der Waals surface area contributed by atoms with E-state index in [9.17, 15) is 4.79 Å². The Balaban J connectivity index is 3.71. The minimum Gasteiger partial charge on any atom is -0.462 e. The number of esters is 1. The van der Waals surface area contributed by atoms with Crippen molar-refractivity contribution < 1.29 is 9.53 Å². The summed E-state index contributed by atoms with van der Waals surface area (Å²) in [5.74, 6) is 0.637. The number of carbonyl (C=O) groups excluding carboxylic acids is 1. The van der Waals surface area contributed by atoms with Gasteiger partial charge in [-0.25, -0.2) is 0 Å². The SMILES string of the molecule is CCCC(C)OC(=O)C(N)CCSC. The van der Waals surface area contributed by atoms with Gasteiger partial charge in [-0.3, -0.25) is 4.79 Å². The maximum absolute atomic E-state index is 11.4. The summed E-state index contributed by atoms with van der Waals surface area (Å²) in [4.78, 5) is 11.4. The highest BCUT2D eigenvalue weighted by Gasteiger charge is 2.16. The van der Waals surface area contributed by atoms with Gasteiger partial charge in [0, 0.05) is 0 Å². The molecule has 0 bridgehead atoms. The molecule has 0 rings (SSSR count). The predicted octanol–water partition coefficient (Wildman–Crippen LogP) is 1.80. The molecule has 4 heteroatoms. The summed E-state index contributed by atoms with van der Waals surface area (Å²) in [6.07, 6.45) is 4.61. The van der Waals surface area contributed by atoms with Crippen molar-refractivity contribution in [2.45, 2.75) is 45.3 Å². The molecule has 0 saturated heterocycles. The van der Waals surface area contributed by atoms with Crippen LogP contribution in [0.2, 0.25) is 0 Å². The molecule has 0 aromatic rings. The van der Waals surface area contributed by atoms with E-state index >= 15 is 0 Å². The summed E-state index contributed by atoms with van der Waals surface area (Å²) in [5, 5.41) is 0. The molecule has 0 aliphatic heterocycles. The van der Waals surface area contributed by atoms with E-state index < -0.39 is 6.04 Å². The van der Waals surface area contributed by atoms with Gasteiger partial charge >= 0.3 is 5.97 Å². The van der Waals surface area contributed by atoms with Crippen molar-refractivity contribution in [3.8, 4) is 0 Å². The van der Waals surface area contributed by atoms with E-state index in [2.05, 4.69) is 6.92 Å². The largest absolute Gasteiger partial charge is 0.462 e. The normalized spacial score (nSPS) is 14.9. The second-order valence-electron chi connectivity index (χ2n) is 3.42. The monoisotopic (exact) mass is 219 g/mol. The summed E-state index contributed by atoms with van der Waals surface area (Å²) >= 11 is 1.69. The molecule has 0 saturated carbocycles. The van der Waals surface area contributed by atoms with Gasteiger partial charge < -0.3 is 10.5 Å². The fourth-order valence-corrected chi connectivity index (χ4v) is 1.60. The van der Waals surface area contributed by atoms with E-state index in [1.807, 2.05) is 13.2 Å². The van der Waals surface area contributed by atoms with Crippen LogP contribution in [-0.2, 0) is 9.53 Å².